The van der Waals surface area contributed by atoms with E-state index in [0.717, 1.165) is 81.8 Å². The molecule has 0 aromatic heterocycles. The highest BCUT2D eigenvalue weighted by Crippen LogP contribution is 2.48. The largest absolute Gasteiger partial charge is 0.343 e. The number of nitrogens with zero attached hydrogens (tertiary/aromatic N) is 3. The van der Waals surface area contributed by atoms with E-state index in [1.54, 1.807) is 6.07 Å². The minimum atomic E-state index is -0.235. The van der Waals surface area contributed by atoms with E-state index in [-0.39, 0.29) is 23.6 Å². The van der Waals surface area contributed by atoms with E-state index < -0.39 is 0 Å². The Labute approximate surface area is 214 Å². The third kappa shape index (κ3) is 5.74. The number of halogens is 2. The predicted octanol–water partition coefficient (Wildman–Crippen LogP) is 6.63. The van der Waals surface area contributed by atoms with Crippen molar-refractivity contribution in [3.8, 4) is 0 Å². The summed E-state index contributed by atoms with van der Waals surface area (Å²) < 4.78 is 27.7. The Balaban J connectivity index is 1.07. The first-order chi connectivity index (χ1) is 17.6. The van der Waals surface area contributed by atoms with Crippen molar-refractivity contribution in [1.82, 2.24) is 9.80 Å². The van der Waals surface area contributed by atoms with Crippen LogP contribution in [0.2, 0.25) is 0 Å². The fourth-order valence-corrected chi connectivity index (χ4v) is 6.42. The van der Waals surface area contributed by atoms with E-state index in [2.05, 4.69) is 14.7 Å². The molecule has 0 N–H and O–H groups in total. The number of hydrogen-bond acceptors (Lipinski definition) is 3. The number of benzene rings is 2. The number of carbonyl (C=O) groups excluding carboxylic acids is 1. The molecule has 1 amide bonds. The highest BCUT2D eigenvalue weighted by molar-refractivity contribution is 5.76. The Bertz CT molecular complexity index is 1030. The summed E-state index contributed by atoms with van der Waals surface area (Å²) in [7, 11) is 0. The van der Waals surface area contributed by atoms with Gasteiger partial charge in [-0.15, -0.1) is 0 Å². The Kier molecular flexibility index (Phi) is 8.20. The van der Waals surface area contributed by atoms with Crippen LogP contribution < -0.4 is 4.90 Å². The molecule has 0 spiro atoms. The number of likely N-dealkylation sites (tertiary alicyclic amines) is 2. The van der Waals surface area contributed by atoms with Gasteiger partial charge in [0.2, 0.25) is 5.91 Å². The van der Waals surface area contributed by atoms with Gasteiger partial charge in [0.05, 0.1) is 0 Å². The third-order valence-corrected chi connectivity index (χ3v) is 8.32. The Morgan fingerprint density at radius 3 is 2.31 bits per heavy atom. The molecule has 2 aromatic rings. The van der Waals surface area contributed by atoms with Crippen molar-refractivity contribution in [3.05, 3.63) is 59.7 Å². The quantitative estimate of drug-likeness (QED) is 0.346. The normalized spacial score (nSPS) is 22.1. The first-order valence-corrected chi connectivity index (χ1v) is 13.9. The zero-order valence-corrected chi connectivity index (χ0v) is 21.3. The van der Waals surface area contributed by atoms with Crippen molar-refractivity contribution in [2.24, 2.45) is 0 Å². The molecule has 3 aliphatic heterocycles. The first kappa shape index (κ1) is 25.2. The lowest BCUT2D eigenvalue weighted by Crippen LogP contribution is -2.45. The van der Waals surface area contributed by atoms with Gasteiger partial charge in [0, 0.05) is 55.9 Å². The molecular formula is C30H39F2N3O. The van der Waals surface area contributed by atoms with Crippen LogP contribution in [0.1, 0.15) is 75.7 Å². The molecule has 3 aliphatic rings. The van der Waals surface area contributed by atoms with Crippen molar-refractivity contribution >= 4 is 17.3 Å². The molecule has 2 unspecified atom stereocenters. The van der Waals surface area contributed by atoms with E-state index in [0.29, 0.717) is 5.91 Å². The number of piperidine rings is 2. The molecule has 2 fully saturated rings. The average molecular weight is 496 g/mol. The van der Waals surface area contributed by atoms with Gasteiger partial charge in [-0.1, -0.05) is 25.7 Å². The van der Waals surface area contributed by atoms with E-state index >= 15 is 0 Å². The SMILES string of the molecule is O=C1CCCCN1CCCCCCCCN1CCC2C(C1)c1cc(F)ccc1N2c1ccc(F)cc1. The van der Waals surface area contributed by atoms with Crippen LogP contribution >= 0.6 is 0 Å². The molecule has 2 aromatic carbocycles. The van der Waals surface area contributed by atoms with Crippen molar-refractivity contribution in [3.63, 3.8) is 0 Å². The molecule has 0 saturated carbocycles. The maximum atomic E-state index is 14.2. The van der Waals surface area contributed by atoms with Crippen molar-refractivity contribution in [2.45, 2.75) is 76.2 Å². The van der Waals surface area contributed by atoms with Gasteiger partial charge in [-0.05, 0) is 86.7 Å². The van der Waals surface area contributed by atoms with Gasteiger partial charge in [0.25, 0.3) is 0 Å². The van der Waals surface area contributed by atoms with Gasteiger partial charge in [-0.2, -0.15) is 0 Å². The zero-order valence-electron chi connectivity index (χ0n) is 21.3. The number of unbranched alkanes of at least 4 members (excludes halogenated alkanes) is 5. The summed E-state index contributed by atoms with van der Waals surface area (Å²) in [5, 5.41) is 0. The second-order valence-corrected chi connectivity index (χ2v) is 10.8. The summed E-state index contributed by atoms with van der Waals surface area (Å²) in [6.45, 7) is 4.97. The molecule has 2 atom stereocenters. The monoisotopic (exact) mass is 495 g/mol. The van der Waals surface area contributed by atoms with Gasteiger partial charge in [-0.3, -0.25) is 4.79 Å². The van der Waals surface area contributed by atoms with Crippen LogP contribution in [0.4, 0.5) is 20.2 Å². The van der Waals surface area contributed by atoms with Crippen molar-refractivity contribution in [1.29, 1.82) is 0 Å². The van der Waals surface area contributed by atoms with Crippen LogP contribution in [0, 0.1) is 11.6 Å². The van der Waals surface area contributed by atoms with E-state index in [9.17, 15) is 13.6 Å². The minimum absolute atomic E-state index is 0.185. The molecule has 2 saturated heterocycles. The fraction of sp³-hybridized carbons (Fsp3) is 0.567. The van der Waals surface area contributed by atoms with Gasteiger partial charge in [-0.25, -0.2) is 8.78 Å². The van der Waals surface area contributed by atoms with Crippen LogP contribution in [0.25, 0.3) is 0 Å². The lowest BCUT2D eigenvalue weighted by Gasteiger charge is -2.39. The maximum Gasteiger partial charge on any atom is 0.222 e. The summed E-state index contributed by atoms with van der Waals surface area (Å²) in [6, 6.07) is 12.1. The van der Waals surface area contributed by atoms with Gasteiger partial charge < -0.3 is 14.7 Å². The summed E-state index contributed by atoms with van der Waals surface area (Å²) >= 11 is 0. The minimum Gasteiger partial charge on any atom is -0.343 e. The molecule has 0 bridgehead atoms. The average Bonchev–Trinajstić information content (AvgIpc) is 3.20. The van der Waals surface area contributed by atoms with Crippen molar-refractivity contribution in [2.75, 3.05) is 37.6 Å². The molecule has 5 rings (SSSR count). The Hall–Kier alpha value is -2.47. The zero-order chi connectivity index (χ0) is 24.9. The summed E-state index contributed by atoms with van der Waals surface area (Å²) in [6.07, 6.45) is 11.2. The molecule has 6 heteroatoms. The topological polar surface area (TPSA) is 26.8 Å². The fourth-order valence-electron chi connectivity index (χ4n) is 6.42. The standard InChI is InChI=1S/C30H39F2N3O/c31-23-10-13-25(14-11-23)35-28-15-12-24(32)21-26(28)27-22-33(20-16-29(27)35)17-6-3-1-2-4-7-18-34-19-8-5-9-30(34)36/h10-15,21,27,29H,1-9,16-20,22H2. The lowest BCUT2D eigenvalue weighted by atomic mass is 9.88. The smallest absolute Gasteiger partial charge is 0.222 e. The Morgan fingerprint density at radius 1 is 0.806 bits per heavy atom. The van der Waals surface area contributed by atoms with Crippen LogP contribution in [0.3, 0.4) is 0 Å². The van der Waals surface area contributed by atoms with Crippen LogP contribution in [0.5, 0.6) is 0 Å². The lowest BCUT2D eigenvalue weighted by molar-refractivity contribution is -0.133. The van der Waals surface area contributed by atoms with E-state index in [1.165, 1.54) is 50.3 Å². The molecular weight excluding hydrogens is 456 g/mol. The second-order valence-electron chi connectivity index (χ2n) is 10.8. The van der Waals surface area contributed by atoms with Crippen LogP contribution in [-0.2, 0) is 4.79 Å². The molecule has 0 aliphatic carbocycles. The molecule has 0 radical (unpaired) electrons. The van der Waals surface area contributed by atoms with Crippen molar-refractivity contribution < 1.29 is 13.6 Å². The van der Waals surface area contributed by atoms with Crippen LogP contribution in [0.15, 0.2) is 42.5 Å². The highest BCUT2D eigenvalue weighted by Gasteiger charge is 2.42. The van der Waals surface area contributed by atoms with Gasteiger partial charge in [0.1, 0.15) is 11.6 Å². The van der Waals surface area contributed by atoms with E-state index in [1.807, 2.05) is 18.2 Å². The van der Waals surface area contributed by atoms with Gasteiger partial charge >= 0.3 is 0 Å². The highest BCUT2D eigenvalue weighted by atomic mass is 19.1. The third-order valence-electron chi connectivity index (χ3n) is 8.32. The maximum absolute atomic E-state index is 14.2. The summed E-state index contributed by atoms with van der Waals surface area (Å²) in [5.74, 6) is 0.196. The van der Waals surface area contributed by atoms with E-state index in [4.69, 9.17) is 0 Å². The summed E-state index contributed by atoms with van der Waals surface area (Å²) in [4.78, 5) is 18.8. The number of anilines is 2. The number of carbonyl (C=O) groups is 1. The number of amides is 1. The Morgan fingerprint density at radius 2 is 1.53 bits per heavy atom. The molecule has 194 valence electrons. The molecule has 36 heavy (non-hydrogen) atoms. The number of fused-ring (bicyclic) bond motifs is 3. The second kappa shape index (κ2) is 11.7. The molecule has 4 nitrogen and oxygen atoms in total. The first-order valence-electron chi connectivity index (χ1n) is 13.9. The molecule has 3 heterocycles. The van der Waals surface area contributed by atoms with Gasteiger partial charge in [0.15, 0.2) is 0 Å². The predicted molar refractivity (Wildman–Crippen MR) is 141 cm³/mol. The summed E-state index contributed by atoms with van der Waals surface area (Å²) in [5.41, 5.74) is 3.13. The van der Waals surface area contributed by atoms with Crippen LogP contribution in [-0.4, -0.2) is 54.5 Å². The number of hydrogen-bond donors (Lipinski definition) is 0. The number of rotatable bonds is 10.